The number of aromatic nitrogens is 3. The van der Waals surface area contributed by atoms with Crippen LogP contribution < -0.4 is 0 Å². The molecule has 7 heteroatoms. The Morgan fingerprint density at radius 3 is 2.71 bits per heavy atom. The molecule has 0 bridgehead atoms. The van der Waals surface area contributed by atoms with Crippen molar-refractivity contribution < 1.29 is 14.7 Å². The number of piperidine rings is 1. The van der Waals surface area contributed by atoms with Gasteiger partial charge < -0.3 is 10.0 Å². The summed E-state index contributed by atoms with van der Waals surface area (Å²) >= 11 is 0. The molecule has 1 atom stereocenters. The maximum atomic E-state index is 12.6. The van der Waals surface area contributed by atoms with Gasteiger partial charge >= 0.3 is 5.97 Å². The first-order valence-corrected chi connectivity index (χ1v) is 9.53. The average Bonchev–Trinajstić information content (AvgIpc) is 2.67. The predicted octanol–water partition coefficient (Wildman–Crippen LogP) is 3.06. The normalized spacial score (nSPS) is 17.4. The van der Waals surface area contributed by atoms with Gasteiger partial charge in [-0.2, -0.15) is 0 Å². The van der Waals surface area contributed by atoms with Gasteiger partial charge in [-0.15, -0.1) is 0 Å². The molecule has 2 aromatic heterocycles. The number of carbonyl (C=O) groups excluding carboxylic acids is 1. The molecule has 7 nitrogen and oxygen atoms in total. The Bertz CT molecular complexity index is 876. The molecule has 1 saturated heterocycles. The Kier molecular flexibility index (Phi) is 5.72. The zero-order valence-electron chi connectivity index (χ0n) is 16.6. The van der Waals surface area contributed by atoms with E-state index in [0.29, 0.717) is 17.2 Å². The highest BCUT2D eigenvalue weighted by Gasteiger charge is 2.31. The van der Waals surface area contributed by atoms with Crippen LogP contribution in [0.5, 0.6) is 0 Å². The lowest BCUT2D eigenvalue weighted by atomic mass is 9.89. The Morgan fingerprint density at radius 2 is 2.00 bits per heavy atom. The van der Waals surface area contributed by atoms with Crippen molar-refractivity contribution in [1.29, 1.82) is 0 Å². The summed E-state index contributed by atoms with van der Waals surface area (Å²) in [5.74, 6) is -0.474. The van der Waals surface area contributed by atoms with Gasteiger partial charge in [0, 0.05) is 42.2 Å². The fraction of sp³-hybridized carbons (Fsp3) is 0.476. The summed E-state index contributed by atoms with van der Waals surface area (Å²) in [5, 5.41) is 9.15. The number of rotatable bonds is 4. The van der Waals surface area contributed by atoms with Gasteiger partial charge in [-0.3, -0.25) is 9.78 Å². The van der Waals surface area contributed by atoms with Crippen molar-refractivity contribution in [1.82, 2.24) is 19.9 Å². The summed E-state index contributed by atoms with van der Waals surface area (Å²) < 4.78 is 0. The molecule has 3 heterocycles. The van der Waals surface area contributed by atoms with E-state index in [1.165, 1.54) is 12.5 Å². The van der Waals surface area contributed by atoms with Crippen molar-refractivity contribution in [2.45, 2.75) is 40.0 Å². The van der Waals surface area contributed by atoms with E-state index < -0.39 is 5.97 Å². The van der Waals surface area contributed by atoms with Crippen molar-refractivity contribution in [3.05, 3.63) is 42.1 Å². The number of likely N-dealkylation sites (tertiary alicyclic amines) is 1. The number of carbonyl (C=O) groups is 2. The van der Waals surface area contributed by atoms with E-state index in [0.717, 1.165) is 38.0 Å². The summed E-state index contributed by atoms with van der Waals surface area (Å²) in [4.78, 5) is 38.4. The second-order valence-electron chi connectivity index (χ2n) is 8.38. The minimum absolute atomic E-state index is 0.126. The quantitative estimate of drug-likeness (QED) is 0.873. The van der Waals surface area contributed by atoms with E-state index in [4.69, 9.17) is 5.11 Å². The molecule has 0 saturated carbocycles. The number of amides is 1. The first-order chi connectivity index (χ1) is 13.2. The molecule has 0 radical (unpaired) electrons. The van der Waals surface area contributed by atoms with Crippen LogP contribution in [-0.4, -0.2) is 49.9 Å². The number of nitrogens with zero attached hydrogens (tertiary/aromatic N) is 4. The number of carboxylic acids is 1. The summed E-state index contributed by atoms with van der Waals surface area (Å²) in [7, 11) is 0. The molecule has 0 aromatic carbocycles. The number of pyridine rings is 1. The zero-order chi connectivity index (χ0) is 20.3. The van der Waals surface area contributed by atoms with Gasteiger partial charge in [-0.1, -0.05) is 20.8 Å². The van der Waals surface area contributed by atoms with Crippen molar-refractivity contribution in [2.24, 2.45) is 11.3 Å². The minimum Gasteiger partial charge on any atom is -0.478 e. The maximum Gasteiger partial charge on any atom is 0.337 e. The van der Waals surface area contributed by atoms with E-state index in [2.05, 4.69) is 15.0 Å². The van der Waals surface area contributed by atoms with Crippen LogP contribution in [0.15, 0.2) is 30.9 Å². The number of hydrogen-bond donors (Lipinski definition) is 1. The van der Waals surface area contributed by atoms with Crippen molar-refractivity contribution in [2.75, 3.05) is 13.1 Å². The first kappa shape index (κ1) is 19.9. The molecule has 3 rings (SSSR count). The lowest BCUT2D eigenvalue weighted by Gasteiger charge is -2.36. The second-order valence-corrected chi connectivity index (χ2v) is 8.38. The van der Waals surface area contributed by atoms with Crippen LogP contribution in [0.4, 0.5) is 0 Å². The van der Waals surface area contributed by atoms with Gasteiger partial charge in [0.2, 0.25) is 5.91 Å². The molecule has 0 aliphatic carbocycles. The smallest absolute Gasteiger partial charge is 0.337 e. The van der Waals surface area contributed by atoms with Crippen molar-refractivity contribution >= 4 is 11.9 Å². The third kappa shape index (κ3) is 4.71. The van der Waals surface area contributed by atoms with Crippen LogP contribution in [0.3, 0.4) is 0 Å². The van der Waals surface area contributed by atoms with E-state index >= 15 is 0 Å². The Labute approximate surface area is 164 Å². The lowest BCUT2D eigenvalue weighted by molar-refractivity contribution is -0.141. The SMILES string of the molecule is CC(C)(C)C(=O)N1CCCC(Cc2cc(-c3cncc(C(=O)O)c3)ncn2)C1. The van der Waals surface area contributed by atoms with E-state index in [1.54, 1.807) is 12.3 Å². The molecule has 1 aliphatic heterocycles. The van der Waals surface area contributed by atoms with Gasteiger partial charge in [-0.05, 0) is 37.3 Å². The Morgan fingerprint density at radius 1 is 1.21 bits per heavy atom. The predicted molar refractivity (Wildman–Crippen MR) is 105 cm³/mol. The van der Waals surface area contributed by atoms with Gasteiger partial charge in [0.15, 0.2) is 0 Å². The molecule has 1 amide bonds. The van der Waals surface area contributed by atoms with Crippen LogP contribution in [0.25, 0.3) is 11.3 Å². The van der Waals surface area contributed by atoms with Crippen molar-refractivity contribution in [3.63, 3.8) is 0 Å². The zero-order valence-corrected chi connectivity index (χ0v) is 16.6. The molecule has 0 spiro atoms. The maximum absolute atomic E-state index is 12.6. The summed E-state index contributed by atoms with van der Waals surface area (Å²) in [6.45, 7) is 7.42. The van der Waals surface area contributed by atoms with Crippen LogP contribution in [0.1, 0.15) is 49.7 Å². The van der Waals surface area contributed by atoms with Crippen LogP contribution in [0.2, 0.25) is 0 Å². The molecule has 1 N–H and O–H groups in total. The van der Waals surface area contributed by atoms with Gasteiger partial charge in [0.25, 0.3) is 0 Å². The topological polar surface area (TPSA) is 96.3 Å². The lowest BCUT2D eigenvalue weighted by Crippen LogP contribution is -2.45. The third-order valence-electron chi connectivity index (χ3n) is 4.95. The Hall–Kier alpha value is -2.83. The standard InChI is InChI=1S/C21H26N4O3/c1-21(2,3)20(28)25-6-4-5-14(12-25)7-17-9-18(24-13-23-17)15-8-16(19(26)27)11-22-10-15/h8-11,13-14H,4-7,12H2,1-3H3,(H,26,27). The summed E-state index contributed by atoms with van der Waals surface area (Å²) in [5.41, 5.74) is 1.95. The fourth-order valence-corrected chi connectivity index (χ4v) is 3.55. The molecule has 148 valence electrons. The second kappa shape index (κ2) is 8.04. The number of aromatic carboxylic acids is 1. The summed E-state index contributed by atoms with van der Waals surface area (Å²) in [6.07, 6.45) is 7.23. The molecule has 1 unspecified atom stereocenters. The number of carboxylic acid groups (broad SMARTS) is 1. The average molecular weight is 382 g/mol. The molecule has 1 aliphatic rings. The van der Waals surface area contributed by atoms with Crippen LogP contribution in [0, 0.1) is 11.3 Å². The van der Waals surface area contributed by atoms with E-state index in [1.807, 2.05) is 31.7 Å². The largest absolute Gasteiger partial charge is 0.478 e. The van der Waals surface area contributed by atoms with Gasteiger partial charge in [0.1, 0.15) is 6.33 Å². The number of hydrogen-bond acceptors (Lipinski definition) is 5. The highest BCUT2D eigenvalue weighted by molar-refractivity contribution is 5.88. The monoisotopic (exact) mass is 382 g/mol. The van der Waals surface area contributed by atoms with E-state index in [-0.39, 0.29) is 16.9 Å². The molecule has 1 fully saturated rings. The Balaban J connectivity index is 1.73. The highest BCUT2D eigenvalue weighted by atomic mass is 16.4. The van der Waals surface area contributed by atoms with Gasteiger partial charge in [-0.25, -0.2) is 14.8 Å². The molecular formula is C21H26N4O3. The fourth-order valence-electron chi connectivity index (χ4n) is 3.55. The first-order valence-electron chi connectivity index (χ1n) is 9.53. The molecular weight excluding hydrogens is 356 g/mol. The van der Waals surface area contributed by atoms with Crippen LogP contribution in [-0.2, 0) is 11.2 Å². The minimum atomic E-state index is -1.02. The third-order valence-corrected chi connectivity index (χ3v) is 4.95. The molecule has 28 heavy (non-hydrogen) atoms. The summed E-state index contributed by atoms with van der Waals surface area (Å²) in [6, 6.07) is 3.44. The van der Waals surface area contributed by atoms with Gasteiger partial charge in [0.05, 0.1) is 11.3 Å². The van der Waals surface area contributed by atoms with Crippen LogP contribution >= 0.6 is 0 Å². The van der Waals surface area contributed by atoms with Crippen molar-refractivity contribution in [3.8, 4) is 11.3 Å². The molecule has 2 aromatic rings. The van der Waals surface area contributed by atoms with E-state index in [9.17, 15) is 9.59 Å². The highest BCUT2D eigenvalue weighted by Crippen LogP contribution is 2.26.